The summed E-state index contributed by atoms with van der Waals surface area (Å²) in [6.07, 6.45) is 2.05. The molecule has 0 spiro atoms. The predicted molar refractivity (Wildman–Crippen MR) is 84.3 cm³/mol. The fourth-order valence-corrected chi connectivity index (χ4v) is 2.73. The molecule has 1 aromatic carbocycles. The van der Waals surface area contributed by atoms with E-state index in [-0.39, 0.29) is 11.8 Å². The highest BCUT2D eigenvalue weighted by Crippen LogP contribution is 2.27. The Labute approximate surface area is 135 Å². The first-order valence-electron chi connectivity index (χ1n) is 7.93. The van der Waals surface area contributed by atoms with E-state index in [0.29, 0.717) is 37.6 Å². The number of amides is 1. The molecule has 2 aromatic rings. The number of carbonyl (C=O) groups excluding carboxylic acids is 1. The topological polar surface area (TPSA) is 68.5 Å². The summed E-state index contributed by atoms with van der Waals surface area (Å²) in [7, 11) is 1.65. The summed E-state index contributed by atoms with van der Waals surface area (Å²) < 4.78 is 10.7. The van der Waals surface area contributed by atoms with Crippen molar-refractivity contribution in [2.45, 2.75) is 32.1 Å². The van der Waals surface area contributed by atoms with Crippen molar-refractivity contribution in [3.05, 3.63) is 41.5 Å². The van der Waals surface area contributed by atoms with Crippen LogP contribution < -0.4 is 4.74 Å². The van der Waals surface area contributed by atoms with E-state index in [4.69, 9.17) is 9.26 Å². The van der Waals surface area contributed by atoms with Crippen LogP contribution in [0.3, 0.4) is 0 Å². The number of ether oxygens (including phenoxy) is 1. The van der Waals surface area contributed by atoms with Crippen molar-refractivity contribution in [1.82, 2.24) is 15.0 Å². The van der Waals surface area contributed by atoms with E-state index in [2.05, 4.69) is 10.1 Å². The van der Waals surface area contributed by atoms with E-state index < -0.39 is 0 Å². The monoisotopic (exact) mass is 315 g/mol. The number of benzene rings is 1. The molecular formula is C17H21N3O3. The molecule has 1 saturated heterocycles. The van der Waals surface area contributed by atoms with Gasteiger partial charge >= 0.3 is 0 Å². The number of carbonyl (C=O) groups is 1. The maximum Gasteiger partial charge on any atom is 0.233 e. The smallest absolute Gasteiger partial charge is 0.233 e. The second-order valence-corrected chi connectivity index (χ2v) is 5.78. The summed E-state index contributed by atoms with van der Waals surface area (Å²) in [5.41, 5.74) is 1.02. The van der Waals surface area contributed by atoms with Crippen LogP contribution in [0.15, 0.2) is 28.8 Å². The lowest BCUT2D eigenvalue weighted by Gasteiger charge is -2.37. The van der Waals surface area contributed by atoms with E-state index in [9.17, 15) is 4.79 Å². The standard InChI is InChI=1S/C17H21N3O3/c1-3-6-16(21)20-10-13(11-20)17-18-15(19-23-17)9-12-7-4-5-8-14(12)22-2/h4-5,7-8,13H,3,6,9-11H2,1-2H3. The van der Waals surface area contributed by atoms with Crippen LogP contribution in [0.5, 0.6) is 5.75 Å². The quantitative estimate of drug-likeness (QED) is 0.819. The molecule has 1 fully saturated rings. The van der Waals surface area contributed by atoms with Crippen LogP contribution >= 0.6 is 0 Å². The Kier molecular flexibility index (Phi) is 4.60. The first-order chi connectivity index (χ1) is 11.2. The zero-order valence-corrected chi connectivity index (χ0v) is 13.5. The van der Waals surface area contributed by atoms with Gasteiger partial charge in [0.15, 0.2) is 5.82 Å². The predicted octanol–water partition coefficient (Wildman–Crippen LogP) is 2.39. The van der Waals surface area contributed by atoms with Crippen LogP contribution in [-0.2, 0) is 11.2 Å². The lowest BCUT2D eigenvalue weighted by molar-refractivity contribution is -0.136. The maximum atomic E-state index is 11.8. The normalized spacial score (nSPS) is 14.6. The maximum absolute atomic E-state index is 11.8. The summed E-state index contributed by atoms with van der Waals surface area (Å²) in [5, 5.41) is 4.05. The molecule has 6 nitrogen and oxygen atoms in total. The summed E-state index contributed by atoms with van der Waals surface area (Å²) >= 11 is 0. The van der Waals surface area contributed by atoms with Crippen molar-refractivity contribution in [3.63, 3.8) is 0 Å². The Morgan fingerprint density at radius 2 is 2.17 bits per heavy atom. The van der Waals surface area contributed by atoms with Crippen molar-refractivity contribution in [1.29, 1.82) is 0 Å². The molecule has 1 aliphatic heterocycles. The molecule has 1 aromatic heterocycles. The lowest BCUT2D eigenvalue weighted by atomic mass is 9.99. The number of hydrogen-bond donors (Lipinski definition) is 0. The van der Waals surface area contributed by atoms with Gasteiger partial charge < -0.3 is 14.2 Å². The highest BCUT2D eigenvalue weighted by Gasteiger charge is 2.35. The van der Waals surface area contributed by atoms with Gasteiger partial charge in [0, 0.05) is 31.5 Å². The third kappa shape index (κ3) is 3.36. The number of hydrogen-bond acceptors (Lipinski definition) is 5. The minimum atomic E-state index is 0.162. The van der Waals surface area contributed by atoms with Gasteiger partial charge in [0.2, 0.25) is 11.8 Å². The average Bonchev–Trinajstić information content (AvgIpc) is 2.95. The summed E-state index contributed by atoms with van der Waals surface area (Å²) in [5.74, 6) is 2.45. The van der Waals surface area contributed by atoms with Gasteiger partial charge in [-0.25, -0.2) is 0 Å². The Hall–Kier alpha value is -2.37. The van der Waals surface area contributed by atoms with Crippen molar-refractivity contribution in [2.24, 2.45) is 0 Å². The zero-order valence-electron chi connectivity index (χ0n) is 13.5. The van der Waals surface area contributed by atoms with Gasteiger partial charge in [-0.3, -0.25) is 4.79 Å². The third-order valence-electron chi connectivity index (χ3n) is 4.07. The molecule has 2 heterocycles. The molecule has 1 aliphatic rings. The fourth-order valence-electron chi connectivity index (χ4n) is 2.73. The molecule has 0 bridgehead atoms. The minimum Gasteiger partial charge on any atom is -0.496 e. The Morgan fingerprint density at radius 1 is 1.39 bits per heavy atom. The van der Waals surface area contributed by atoms with Gasteiger partial charge in [-0.1, -0.05) is 30.3 Å². The van der Waals surface area contributed by atoms with Crippen molar-refractivity contribution in [3.8, 4) is 5.75 Å². The Morgan fingerprint density at radius 3 is 2.91 bits per heavy atom. The van der Waals surface area contributed by atoms with Gasteiger partial charge in [-0.05, 0) is 12.5 Å². The minimum absolute atomic E-state index is 0.162. The molecule has 122 valence electrons. The first-order valence-corrected chi connectivity index (χ1v) is 7.93. The average molecular weight is 315 g/mol. The number of rotatable bonds is 6. The van der Waals surface area contributed by atoms with Gasteiger partial charge in [-0.2, -0.15) is 4.98 Å². The van der Waals surface area contributed by atoms with Crippen LogP contribution in [0.1, 0.15) is 43.0 Å². The van der Waals surface area contributed by atoms with Gasteiger partial charge in [0.1, 0.15) is 5.75 Å². The van der Waals surface area contributed by atoms with Crippen molar-refractivity contribution < 1.29 is 14.1 Å². The molecule has 23 heavy (non-hydrogen) atoms. The number of para-hydroxylation sites is 1. The second kappa shape index (κ2) is 6.81. The second-order valence-electron chi connectivity index (χ2n) is 5.78. The summed E-state index contributed by atoms with van der Waals surface area (Å²) in [6.45, 7) is 3.36. The highest BCUT2D eigenvalue weighted by molar-refractivity contribution is 5.77. The number of methoxy groups -OCH3 is 1. The van der Waals surface area contributed by atoms with Crippen LogP contribution in [0.4, 0.5) is 0 Å². The highest BCUT2D eigenvalue weighted by atomic mass is 16.5. The van der Waals surface area contributed by atoms with E-state index in [0.717, 1.165) is 17.7 Å². The molecule has 3 rings (SSSR count). The number of nitrogens with zero attached hydrogens (tertiary/aromatic N) is 3. The SMILES string of the molecule is CCCC(=O)N1CC(c2nc(Cc3ccccc3OC)no2)C1. The molecule has 0 unspecified atom stereocenters. The molecule has 6 heteroatoms. The van der Waals surface area contributed by atoms with E-state index >= 15 is 0 Å². The van der Waals surface area contributed by atoms with Gasteiger partial charge in [0.05, 0.1) is 13.0 Å². The molecule has 0 saturated carbocycles. The molecule has 1 amide bonds. The van der Waals surface area contributed by atoms with Crippen molar-refractivity contribution >= 4 is 5.91 Å². The Balaban J connectivity index is 1.60. The molecule has 0 radical (unpaired) electrons. The lowest BCUT2D eigenvalue weighted by Crippen LogP contribution is -2.48. The molecule has 0 N–H and O–H groups in total. The number of aromatic nitrogens is 2. The van der Waals surface area contributed by atoms with E-state index in [1.807, 2.05) is 36.1 Å². The van der Waals surface area contributed by atoms with E-state index in [1.165, 1.54) is 0 Å². The van der Waals surface area contributed by atoms with Gasteiger partial charge in [-0.15, -0.1) is 0 Å². The summed E-state index contributed by atoms with van der Waals surface area (Å²) in [4.78, 5) is 18.1. The van der Waals surface area contributed by atoms with Gasteiger partial charge in [0.25, 0.3) is 0 Å². The Bertz CT molecular complexity index is 677. The van der Waals surface area contributed by atoms with Crippen LogP contribution in [0, 0.1) is 0 Å². The van der Waals surface area contributed by atoms with E-state index in [1.54, 1.807) is 7.11 Å². The molecule has 0 aliphatic carbocycles. The number of likely N-dealkylation sites (tertiary alicyclic amines) is 1. The van der Waals surface area contributed by atoms with Crippen LogP contribution in [0.2, 0.25) is 0 Å². The summed E-state index contributed by atoms with van der Waals surface area (Å²) in [6, 6.07) is 7.80. The third-order valence-corrected chi connectivity index (χ3v) is 4.07. The fraction of sp³-hybridized carbons (Fsp3) is 0.471. The molecular weight excluding hydrogens is 294 g/mol. The van der Waals surface area contributed by atoms with Crippen molar-refractivity contribution in [2.75, 3.05) is 20.2 Å². The van der Waals surface area contributed by atoms with Crippen LogP contribution in [-0.4, -0.2) is 41.1 Å². The first kappa shape index (κ1) is 15.5. The van der Waals surface area contributed by atoms with Crippen LogP contribution in [0.25, 0.3) is 0 Å². The molecule has 0 atom stereocenters. The largest absolute Gasteiger partial charge is 0.496 e. The zero-order chi connectivity index (χ0) is 16.2.